The fraction of sp³-hybridized carbons (Fsp3) is 0.214. The van der Waals surface area contributed by atoms with Crippen LogP contribution in [0.1, 0.15) is 16.3 Å². The van der Waals surface area contributed by atoms with Gasteiger partial charge in [-0.1, -0.05) is 18.2 Å². The molecule has 0 spiro atoms. The van der Waals surface area contributed by atoms with E-state index >= 15 is 0 Å². The molecule has 1 aromatic heterocycles. The molecule has 0 saturated carbocycles. The Morgan fingerprint density at radius 1 is 1.22 bits per heavy atom. The number of rotatable bonds is 5. The summed E-state index contributed by atoms with van der Waals surface area (Å²) in [5, 5.41) is 2.72. The summed E-state index contributed by atoms with van der Waals surface area (Å²) in [5.74, 6) is 1.62. The molecular formula is C14H15NO3. The molecule has 0 atom stereocenters. The second-order valence-electron chi connectivity index (χ2n) is 3.83. The molecule has 94 valence electrons. The lowest BCUT2D eigenvalue weighted by molar-refractivity contribution is 0.0918. The average molecular weight is 245 g/mol. The van der Waals surface area contributed by atoms with E-state index in [4.69, 9.17) is 9.15 Å². The van der Waals surface area contributed by atoms with Gasteiger partial charge in [0.25, 0.3) is 5.91 Å². The van der Waals surface area contributed by atoms with Crippen LogP contribution in [0.2, 0.25) is 0 Å². The number of para-hydroxylation sites is 1. The molecule has 0 aliphatic carbocycles. The zero-order valence-electron chi connectivity index (χ0n) is 10.2. The molecule has 0 fully saturated rings. The number of carbonyl (C=O) groups excluding carboxylic acids is 1. The van der Waals surface area contributed by atoms with Gasteiger partial charge in [0, 0.05) is 0 Å². The van der Waals surface area contributed by atoms with E-state index in [9.17, 15) is 4.79 Å². The van der Waals surface area contributed by atoms with Gasteiger partial charge in [-0.25, -0.2) is 0 Å². The van der Waals surface area contributed by atoms with Gasteiger partial charge in [-0.05, 0) is 31.2 Å². The van der Waals surface area contributed by atoms with Crippen LogP contribution in [0.4, 0.5) is 0 Å². The van der Waals surface area contributed by atoms with E-state index < -0.39 is 0 Å². The van der Waals surface area contributed by atoms with Crippen LogP contribution in [0.25, 0.3) is 0 Å². The summed E-state index contributed by atoms with van der Waals surface area (Å²) in [6.07, 6.45) is 0. The Hall–Kier alpha value is -2.23. The van der Waals surface area contributed by atoms with E-state index in [1.807, 2.05) is 30.3 Å². The third kappa shape index (κ3) is 3.38. The minimum atomic E-state index is -0.222. The number of aryl methyl sites for hydroxylation is 1. The number of hydrogen-bond acceptors (Lipinski definition) is 3. The van der Waals surface area contributed by atoms with E-state index in [0.717, 1.165) is 11.5 Å². The molecule has 1 amide bonds. The standard InChI is InChI=1S/C14H15NO3/c1-11-7-8-13(18-11)14(16)15-9-10-17-12-5-3-2-4-6-12/h2-8H,9-10H2,1H3,(H,15,16). The van der Waals surface area contributed by atoms with Crippen LogP contribution in [0, 0.1) is 6.92 Å². The maximum absolute atomic E-state index is 11.6. The van der Waals surface area contributed by atoms with Crippen LogP contribution in [0.5, 0.6) is 5.75 Å². The molecule has 18 heavy (non-hydrogen) atoms. The maximum atomic E-state index is 11.6. The van der Waals surface area contributed by atoms with Gasteiger partial charge in [0.05, 0.1) is 6.54 Å². The lowest BCUT2D eigenvalue weighted by Crippen LogP contribution is -2.27. The molecule has 0 saturated heterocycles. The fourth-order valence-electron chi connectivity index (χ4n) is 1.49. The summed E-state index contributed by atoms with van der Waals surface area (Å²) in [7, 11) is 0. The Kier molecular flexibility index (Phi) is 4.02. The lowest BCUT2D eigenvalue weighted by Gasteiger charge is -2.06. The first-order valence-corrected chi connectivity index (χ1v) is 5.78. The molecular weight excluding hydrogens is 230 g/mol. The largest absolute Gasteiger partial charge is 0.492 e. The molecule has 2 rings (SSSR count). The monoisotopic (exact) mass is 245 g/mol. The minimum Gasteiger partial charge on any atom is -0.492 e. The Morgan fingerprint density at radius 2 is 2.00 bits per heavy atom. The first-order chi connectivity index (χ1) is 8.75. The van der Waals surface area contributed by atoms with Crippen molar-refractivity contribution in [1.29, 1.82) is 0 Å². The molecule has 0 radical (unpaired) electrons. The van der Waals surface area contributed by atoms with Gasteiger partial charge >= 0.3 is 0 Å². The van der Waals surface area contributed by atoms with Gasteiger partial charge in [0.2, 0.25) is 0 Å². The molecule has 1 N–H and O–H groups in total. The highest BCUT2D eigenvalue weighted by atomic mass is 16.5. The maximum Gasteiger partial charge on any atom is 0.287 e. The van der Waals surface area contributed by atoms with Gasteiger partial charge in [0.15, 0.2) is 5.76 Å². The predicted octanol–water partition coefficient (Wildman–Crippen LogP) is 2.40. The molecule has 0 aliphatic rings. The highest BCUT2D eigenvalue weighted by Crippen LogP contribution is 2.08. The van der Waals surface area contributed by atoms with Gasteiger partial charge in [-0.15, -0.1) is 0 Å². The fourth-order valence-corrected chi connectivity index (χ4v) is 1.49. The highest BCUT2D eigenvalue weighted by molar-refractivity contribution is 5.91. The third-order valence-electron chi connectivity index (χ3n) is 2.36. The molecule has 1 aromatic carbocycles. The Balaban J connectivity index is 1.71. The van der Waals surface area contributed by atoms with Crippen molar-refractivity contribution < 1.29 is 13.9 Å². The predicted molar refractivity (Wildman–Crippen MR) is 67.7 cm³/mol. The topological polar surface area (TPSA) is 51.5 Å². The van der Waals surface area contributed by atoms with Crippen molar-refractivity contribution in [1.82, 2.24) is 5.32 Å². The van der Waals surface area contributed by atoms with E-state index in [0.29, 0.717) is 18.9 Å². The average Bonchev–Trinajstić information content (AvgIpc) is 2.82. The normalized spacial score (nSPS) is 10.1. The van der Waals surface area contributed by atoms with Crippen molar-refractivity contribution in [2.24, 2.45) is 0 Å². The summed E-state index contributed by atoms with van der Waals surface area (Å²) >= 11 is 0. The Labute approximate surface area is 106 Å². The van der Waals surface area contributed by atoms with Crippen LogP contribution in [0.3, 0.4) is 0 Å². The second kappa shape index (κ2) is 5.91. The molecule has 4 nitrogen and oxygen atoms in total. The van der Waals surface area contributed by atoms with Gasteiger partial charge in [0.1, 0.15) is 18.1 Å². The van der Waals surface area contributed by atoms with E-state index in [2.05, 4.69) is 5.32 Å². The number of ether oxygens (including phenoxy) is 1. The third-order valence-corrected chi connectivity index (χ3v) is 2.36. The van der Waals surface area contributed by atoms with Gasteiger partial charge < -0.3 is 14.5 Å². The summed E-state index contributed by atoms with van der Waals surface area (Å²) in [6.45, 7) is 2.66. The zero-order chi connectivity index (χ0) is 12.8. The van der Waals surface area contributed by atoms with Crippen molar-refractivity contribution in [3.05, 3.63) is 54.0 Å². The van der Waals surface area contributed by atoms with Crippen LogP contribution in [0.15, 0.2) is 46.9 Å². The summed E-state index contributed by atoms with van der Waals surface area (Å²) in [5.41, 5.74) is 0. The van der Waals surface area contributed by atoms with Gasteiger partial charge in [-0.3, -0.25) is 4.79 Å². The molecule has 0 unspecified atom stereocenters. The molecule has 0 bridgehead atoms. The SMILES string of the molecule is Cc1ccc(C(=O)NCCOc2ccccc2)o1. The first-order valence-electron chi connectivity index (χ1n) is 5.78. The van der Waals surface area contributed by atoms with Crippen molar-refractivity contribution in [3.8, 4) is 5.75 Å². The Bertz CT molecular complexity index is 505. The number of furan rings is 1. The summed E-state index contributed by atoms with van der Waals surface area (Å²) in [4.78, 5) is 11.6. The van der Waals surface area contributed by atoms with E-state index in [1.165, 1.54) is 0 Å². The zero-order valence-corrected chi connectivity index (χ0v) is 10.2. The second-order valence-corrected chi connectivity index (χ2v) is 3.83. The van der Waals surface area contributed by atoms with E-state index in [1.54, 1.807) is 19.1 Å². The van der Waals surface area contributed by atoms with Crippen molar-refractivity contribution >= 4 is 5.91 Å². The van der Waals surface area contributed by atoms with Crippen molar-refractivity contribution in [2.45, 2.75) is 6.92 Å². The number of nitrogens with one attached hydrogen (secondary N) is 1. The minimum absolute atomic E-state index is 0.222. The summed E-state index contributed by atoms with van der Waals surface area (Å²) < 4.78 is 10.7. The van der Waals surface area contributed by atoms with Gasteiger partial charge in [-0.2, -0.15) is 0 Å². The number of benzene rings is 1. The number of carbonyl (C=O) groups is 1. The smallest absolute Gasteiger partial charge is 0.287 e. The van der Waals surface area contributed by atoms with Crippen molar-refractivity contribution in [3.63, 3.8) is 0 Å². The first kappa shape index (κ1) is 12.2. The summed E-state index contributed by atoms with van der Waals surface area (Å²) in [6, 6.07) is 12.9. The Morgan fingerprint density at radius 3 is 2.67 bits per heavy atom. The number of hydrogen-bond donors (Lipinski definition) is 1. The quantitative estimate of drug-likeness (QED) is 0.823. The van der Waals surface area contributed by atoms with Crippen molar-refractivity contribution in [2.75, 3.05) is 13.2 Å². The van der Waals surface area contributed by atoms with E-state index in [-0.39, 0.29) is 5.91 Å². The van der Waals surface area contributed by atoms with Crippen LogP contribution in [-0.2, 0) is 0 Å². The van der Waals surface area contributed by atoms with Crippen LogP contribution in [-0.4, -0.2) is 19.1 Å². The molecule has 1 heterocycles. The highest BCUT2D eigenvalue weighted by Gasteiger charge is 2.08. The number of amides is 1. The molecule has 4 heteroatoms. The molecule has 0 aliphatic heterocycles. The van der Waals surface area contributed by atoms with Crippen LogP contribution >= 0.6 is 0 Å². The lowest BCUT2D eigenvalue weighted by atomic mass is 10.3. The van der Waals surface area contributed by atoms with Crippen LogP contribution < -0.4 is 10.1 Å². The molecule has 2 aromatic rings.